The molecule has 0 atom stereocenters. The smallest absolute Gasteiger partial charge is 0.407 e. The lowest BCUT2D eigenvalue weighted by Crippen LogP contribution is -2.41. The van der Waals surface area contributed by atoms with Gasteiger partial charge in [0.05, 0.1) is 50.2 Å². The fourth-order valence-corrected chi connectivity index (χ4v) is 6.59. The Hall–Kier alpha value is -6.12. The van der Waals surface area contributed by atoms with Gasteiger partial charge in [-0.05, 0) is 58.2 Å². The normalized spacial score (nSPS) is 11.9. The van der Waals surface area contributed by atoms with E-state index in [1.54, 1.807) is 16.0 Å². The Balaban J connectivity index is 1.21. The Morgan fingerprint density at radius 1 is 0.815 bits per heavy atom. The molecule has 0 bridgehead atoms. The fourth-order valence-electron chi connectivity index (χ4n) is 6.59. The van der Waals surface area contributed by atoms with Gasteiger partial charge in [-0.1, -0.05) is 45.9 Å². The van der Waals surface area contributed by atoms with Gasteiger partial charge < -0.3 is 44.6 Å². The van der Waals surface area contributed by atoms with Crippen LogP contribution in [0.2, 0.25) is 0 Å². The van der Waals surface area contributed by atoms with Crippen molar-refractivity contribution >= 4 is 45.8 Å². The molecular weight excluding hydrogens is 692 g/mol. The van der Waals surface area contributed by atoms with Crippen LogP contribution in [0, 0.1) is 11.8 Å². The maximum Gasteiger partial charge on any atom is 0.407 e. The van der Waals surface area contributed by atoms with Gasteiger partial charge in [0.25, 0.3) is 0 Å². The lowest BCUT2D eigenvalue weighted by molar-refractivity contribution is -0.132. The van der Waals surface area contributed by atoms with Gasteiger partial charge in [-0.15, -0.1) is 0 Å². The number of carbonyl (C=O) groups is 4. The molecule has 6 rings (SSSR count). The minimum atomic E-state index is -0.660. The SMILES string of the molecule is COC(=O)NCC(=O)N(Cc1ncc(-c2ccc3c(c2)COc2cc4c(ccc5[nH]c(CN(CC(C)C)C(=O)CNC(=O)OC)nc54)cc2-3)[nH]1)CC(C)C. The van der Waals surface area contributed by atoms with Crippen molar-refractivity contribution in [2.45, 2.75) is 47.4 Å². The Labute approximate surface area is 312 Å². The summed E-state index contributed by atoms with van der Waals surface area (Å²) in [5.74, 6) is 1.99. The monoisotopic (exact) mass is 738 g/mol. The molecule has 4 amide bonds. The van der Waals surface area contributed by atoms with Gasteiger partial charge >= 0.3 is 12.2 Å². The van der Waals surface area contributed by atoms with Crippen molar-refractivity contribution in [1.82, 2.24) is 40.4 Å². The summed E-state index contributed by atoms with van der Waals surface area (Å²) in [6.07, 6.45) is 0.439. The number of carbonyl (C=O) groups excluding carboxylic acids is 4. The van der Waals surface area contributed by atoms with E-state index >= 15 is 0 Å². The zero-order valence-corrected chi connectivity index (χ0v) is 31.4. The van der Waals surface area contributed by atoms with E-state index in [-0.39, 0.29) is 49.8 Å². The van der Waals surface area contributed by atoms with E-state index in [0.717, 1.165) is 55.5 Å². The number of fused-ring (bicyclic) bond motifs is 6. The lowest BCUT2D eigenvalue weighted by atomic mass is 9.92. The van der Waals surface area contributed by atoms with Gasteiger partial charge in [0.1, 0.15) is 37.1 Å². The molecule has 3 heterocycles. The van der Waals surface area contributed by atoms with Crippen molar-refractivity contribution in [1.29, 1.82) is 0 Å². The molecule has 3 aromatic carbocycles. The van der Waals surface area contributed by atoms with Crippen molar-refractivity contribution in [2.24, 2.45) is 11.8 Å². The number of aromatic nitrogens is 4. The number of aromatic amines is 2. The van der Waals surface area contributed by atoms with Crippen LogP contribution in [0.25, 0.3) is 44.2 Å². The summed E-state index contributed by atoms with van der Waals surface area (Å²) in [5.41, 5.74) is 6.45. The highest BCUT2D eigenvalue weighted by Crippen LogP contribution is 2.42. The molecule has 2 aromatic heterocycles. The van der Waals surface area contributed by atoms with E-state index in [0.29, 0.717) is 31.3 Å². The molecule has 0 aliphatic carbocycles. The van der Waals surface area contributed by atoms with Gasteiger partial charge in [0.2, 0.25) is 11.8 Å². The van der Waals surface area contributed by atoms with Gasteiger partial charge in [-0.2, -0.15) is 0 Å². The molecule has 0 saturated carbocycles. The second-order valence-corrected chi connectivity index (χ2v) is 14.1. The second-order valence-electron chi connectivity index (χ2n) is 14.1. The first kappa shape index (κ1) is 37.6. The third-order valence-electron chi connectivity index (χ3n) is 9.03. The molecule has 0 radical (unpaired) electrons. The zero-order valence-electron chi connectivity index (χ0n) is 31.4. The average molecular weight is 739 g/mol. The number of amides is 4. The number of rotatable bonds is 13. The molecule has 0 spiro atoms. The molecule has 15 nitrogen and oxygen atoms in total. The average Bonchev–Trinajstić information content (AvgIpc) is 3.81. The van der Waals surface area contributed by atoms with Crippen LogP contribution in [0.5, 0.6) is 5.75 Å². The van der Waals surface area contributed by atoms with E-state index in [2.05, 4.69) is 53.3 Å². The lowest BCUT2D eigenvalue weighted by Gasteiger charge is -2.24. The van der Waals surface area contributed by atoms with Gasteiger partial charge in [-0.25, -0.2) is 19.6 Å². The fraction of sp³-hybridized carbons (Fsp3) is 0.385. The van der Waals surface area contributed by atoms with E-state index < -0.39 is 12.2 Å². The number of H-pyrrole nitrogens is 2. The van der Waals surface area contributed by atoms with Crippen LogP contribution in [0.1, 0.15) is 44.9 Å². The van der Waals surface area contributed by atoms with Crippen LogP contribution >= 0.6 is 0 Å². The Morgan fingerprint density at radius 3 is 2.09 bits per heavy atom. The molecule has 1 aliphatic heterocycles. The van der Waals surface area contributed by atoms with Crippen molar-refractivity contribution in [3.63, 3.8) is 0 Å². The Morgan fingerprint density at radius 2 is 1.46 bits per heavy atom. The number of benzene rings is 3. The van der Waals surface area contributed by atoms with Crippen LogP contribution in [-0.2, 0) is 38.8 Å². The molecule has 1 aliphatic rings. The first-order chi connectivity index (χ1) is 25.9. The minimum absolute atomic E-state index is 0.166. The number of hydrogen-bond acceptors (Lipinski definition) is 9. The molecule has 0 fully saturated rings. The van der Waals surface area contributed by atoms with Crippen LogP contribution in [0.4, 0.5) is 9.59 Å². The predicted octanol–water partition coefficient (Wildman–Crippen LogP) is 5.35. The van der Waals surface area contributed by atoms with Gasteiger partial charge in [0.15, 0.2) is 0 Å². The summed E-state index contributed by atoms with van der Waals surface area (Å²) in [6, 6.07) is 14.4. The largest absolute Gasteiger partial charge is 0.488 e. The van der Waals surface area contributed by atoms with E-state index in [9.17, 15) is 19.2 Å². The first-order valence-corrected chi connectivity index (χ1v) is 17.9. The first-order valence-electron chi connectivity index (χ1n) is 17.9. The molecular formula is C39H46N8O7. The van der Waals surface area contributed by atoms with E-state index in [4.69, 9.17) is 9.72 Å². The van der Waals surface area contributed by atoms with Crippen LogP contribution in [0.3, 0.4) is 0 Å². The summed E-state index contributed by atoms with van der Waals surface area (Å²) in [7, 11) is 2.51. The maximum absolute atomic E-state index is 13.0. The van der Waals surface area contributed by atoms with Crippen molar-refractivity contribution in [3.05, 3.63) is 65.9 Å². The number of imidazole rings is 2. The van der Waals surface area contributed by atoms with Crippen molar-refractivity contribution < 1.29 is 33.4 Å². The van der Waals surface area contributed by atoms with Crippen molar-refractivity contribution in [2.75, 3.05) is 40.4 Å². The second kappa shape index (κ2) is 16.3. The highest BCUT2D eigenvalue weighted by atomic mass is 16.5. The maximum atomic E-state index is 13.0. The summed E-state index contributed by atoms with van der Waals surface area (Å²) < 4.78 is 15.5. The number of ether oxygens (including phenoxy) is 3. The van der Waals surface area contributed by atoms with Crippen molar-refractivity contribution in [3.8, 4) is 28.1 Å². The van der Waals surface area contributed by atoms with E-state index in [1.165, 1.54) is 14.2 Å². The minimum Gasteiger partial charge on any atom is -0.488 e. The number of nitrogens with one attached hydrogen (secondary N) is 4. The standard InChI is InChI=1S/C39H46N8O7/c1-22(2)17-46(35(48)15-41-38(50)52-5)19-33-40-14-31(44-33)25-7-9-27-26(11-25)21-54-32-13-28-24(12-29(27)32)8-10-30-37(28)45-34(43-30)20-47(18-23(3)4)36(49)16-42-39(51)53-6/h7-14,22-23H,15-21H2,1-6H3,(H,40,44)(H,41,50)(H,42,51)(H,43,45). The number of methoxy groups -OCH3 is 2. The molecule has 4 N–H and O–H groups in total. The quantitative estimate of drug-likeness (QED) is 0.124. The molecule has 15 heteroatoms. The summed E-state index contributed by atoms with van der Waals surface area (Å²) in [4.78, 5) is 68.5. The molecule has 0 saturated heterocycles. The number of nitrogens with zero attached hydrogens (tertiary/aromatic N) is 4. The molecule has 0 unspecified atom stereocenters. The highest BCUT2D eigenvalue weighted by molar-refractivity contribution is 6.07. The van der Waals surface area contributed by atoms with Gasteiger partial charge in [-0.3, -0.25) is 9.59 Å². The summed E-state index contributed by atoms with van der Waals surface area (Å²) in [6.45, 7) is 9.67. The Bertz CT molecular complexity index is 2190. The Kier molecular flexibility index (Phi) is 11.3. The van der Waals surface area contributed by atoms with Crippen LogP contribution in [-0.4, -0.2) is 94.1 Å². The third kappa shape index (κ3) is 8.56. The molecule has 54 heavy (non-hydrogen) atoms. The third-order valence-corrected chi connectivity index (χ3v) is 9.03. The highest BCUT2D eigenvalue weighted by Gasteiger charge is 2.23. The van der Waals surface area contributed by atoms with Crippen LogP contribution < -0.4 is 15.4 Å². The van der Waals surface area contributed by atoms with Gasteiger partial charge in [0, 0.05) is 24.0 Å². The van der Waals surface area contributed by atoms with Crippen LogP contribution in [0.15, 0.2) is 48.7 Å². The molecule has 5 aromatic rings. The predicted molar refractivity (Wildman–Crippen MR) is 202 cm³/mol. The molecule has 284 valence electrons. The zero-order chi connectivity index (χ0) is 38.5. The number of hydrogen-bond donors (Lipinski definition) is 4. The summed E-state index contributed by atoms with van der Waals surface area (Å²) in [5, 5.41) is 6.85. The summed E-state index contributed by atoms with van der Waals surface area (Å²) >= 11 is 0. The van der Waals surface area contributed by atoms with E-state index in [1.807, 2.05) is 52.0 Å². The number of alkyl carbamates (subject to hydrolysis) is 2. The topological polar surface area (TPSA) is 184 Å².